The summed E-state index contributed by atoms with van der Waals surface area (Å²) in [6.45, 7) is 1.40. The first-order valence-electron chi connectivity index (χ1n) is 7.45. The lowest BCUT2D eigenvalue weighted by Gasteiger charge is -2.00. The Bertz CT molecular complexity index is 805. The van der Waals surface area contributed by atoms with Crippen molar-refractivity contribution in [1.82, 2.24) is 20.3 Å². The molecule has 0 amide bonds. The number of aromatic amines is 1. The maximum Gasteiger partial charge on any atom is 0.275 e. The maximum atomic E-state index is 5.36. The highest BCUT2D eigenvalue weighted by Crippen LogP contribution is 2.28. The molecular formula is C16H16N4O3. The summed E-state index contributed by atoms with van der Waals surface area (Å²) in [5, 5.41) is 11.3. The molecule has 1 aromatic carbocycles. The van der Waals surface area contributed by atoms with Crippen molar-refractivity contribution in [3.05, 3.63) is 36.2 Å². The molecule has 0 radical (unpaired) electrons. The van der Waals surface area contributed by atoms with E-state index >= 15 is 0 Å². The van der Waals surface area contributed by atoms with Gasteiger partial charge in [-0.15, -0.1) is 0 Å². The predicted molar refractivity (Wildman–Crippen MR) is 82.0 cm³/mol. The number of benzene rings is 1. The summed E-state index contributed by atoms with van der Waals surface area (Å²) in [5.74, 6) is 2.13. The number of H-pyrrole nitrogens is 1. The lowest BCUT2D eigenvalue weighted by molar-refractivity contribution is 0.192. The number of ether oxygens (including phenoxy) is 2. The van der Waals surface area contributed by atoms with E-state index < -0.39 is 0 Å². The minimum atomic E-state index is 0.216. The minimum Gasteiger partial charge on any atom is -0.497 e. The van der Waals surface area contributed by atoms with Crippen molar-refractivity contribution < 1.29 is 14.0 Å². The van der Waals surface area contributed by atoms with Crippen LogP contribution in [0.1, 0.15) is 18.2 Å². The Kier molecular flexibility index (Phi) is 3.55. The third-order valence-electron chi connectivity index (χ3n) is 3.91. The minimum absolute atomic E-state index is 0.216. The molecule has 1 N–H and O–H groups in total. The molecule has 3 heterocycles. The van der Waals surface area contributed by atoms with Crippen molar-refractivity contribution in [1.29, 1.82) is 0 Å². The molecule has 4 rings (SSSR count). The summed E-state index contributed by atoms with van der Waals surface area (Å²) >= 11 is 0. The highest BCUT2D eigenvalue weighted by atomic mass is 16.5. The van der Waals surface area contributed by atoms with Gasteiger partial charge in [0.25, 0.3) is 5.89 Å². The Hall–Kier alpha value is -2.67. The van der Waals surface area contributed by atoms with Crippen molar-refractivity contribution in [3.8, 4) is 28.6 Å². The van der Waals surface area contributed by atoms with Gasteiger partial charge in [-0.3, -0.25) is 5.10 Å². The van der Waals surface area contributed by atoms with E-state index in [1.54, 1.807) is 7.11 Å². The van der Waals surface area contributed by atoms with Crippen LogP contribution in [0.2, 0.25) is 0 Å². The van der Waals surface area contributed by atoms with Gasteiger partial charge in [-0.1, -0.05) is 17.3 Å². The molecule has 0 bridgehead atoms. The molecule has 1 aliphatic rings. The molecule has 1 aliphatic heterocycles. The van der Waals surface area contributed by atoms with Crippen LogP contribution in [0.25, 0.3) is 22.8 Å². The quantitative estimate of drug-likeness (QED) is 0.797. The first-order chi connectivity index (χ1) is 11.3. The molecule has 0 aliphatic carbocycles. The Labute approximate surface area is 132 Å². The van der Waals surface area contributed by atoms with Crippen molar-refractivity contribution >= 4 is 0 Å². The van der Waals surface area contributed by atoms with Gasteiger partial charge in [0, 0.05) is 18.1 Å². The van der Waals surface area contributed by atoms with Gasteiger partial charge in [-0.25, -0.2) is 0 Å². The third-order valence-corrected chi connectivity index (χ3v) is 3.91. The van der Waals surface area contributed by atoms with Crippen LogP contribution >= 0.6 is 0 Å². The van der Waals surface area contributed by atoms with Crippen molar-refractivity contribution in [2.45, 2.75) is 12.3 Å². The van der Waals surface area contributed by atoms with Gasteiger partial charge in [0.05, 0.1) is 19.4 Å². The highest BCUT2D eigenvalue weighted by molar-refractivity contribution is 5.65. The number of methoxy groups -OCH3 is 1. The van der Waals surface area contributed by atoms with Crippen LogP contribution in [0.3, 0.4) is 0 Å². The lowest BCUT2D eigenvalue weighted by Crippen LogP contribution is -1.99. The molecule has 3 aromatic rings. The summed E-state index contributed by atoms with van der Waals surface area (Å²) in [6.07, 6.45) is 0.928. The third kappa shape index (κ3) is 2.70. The van der Waals surface area contributed by atoms with E-state index in [1.807, 2.05) is 30.3 Å². The Morgan fingerprint density at radius 3 is 3.09 bits per heavy atom. The Balaban J connectivity index is 1.60. The zero-order chi connectivity index (χ0) is 15.6. The molecule has 118 valence electrons. The number of rotatable bonds is 4. The molecule has 1 fully saturated rings. The van der Waals surface area contributed by atoms with Crippen LogP contribution in [0.4, 0.5) is 0 Å². The molecule has 0 spiro atoms. The number of nitrogens with zero attached hydrogens (tertiary/aromatic N) is 3. The van der Waals surface area contributed by atoms with Gasteiger partial charge in [0.1, 0.15) is 11.4 Å². The largest absolute Gasteiger partial charge is 0.497 e. The topological polar surface area (TPSA) is 86.1 Å². The summed E-state index contributed by atoms with van der Waals surface area (Å²) in [5.41, 5.74) is 2.44. The summed E-state index contributed by atoms with van der Waals surface area (Å²) in [7, 11) is 1.64. The fourth-order valence-electron chi connectivity index (χ4n) is 2.61. The summed E-state index contributed by atoms with van der Waals surface area (Å²) in [4.78, 5) is 4.45. The van der Waals surface area contributed by atoms with Gasteiger partial charge >= 0.3 is 0 Å². The van der Waals surface area contributed by atoms with E-state index in [-0.39, 0.29) is 5.92 Å². The molecule has 1 unspecified atom stereocenters. The second-order valence-corrected chi connectivity index (χ2v) is 5.42. The molecule has 0 saturated carbocycles. The molecule has 23 heavy (non-hydrogen) atoms. The number of hydrogen-bond acceptors (Lipinski definition) is 6. The van der Waals surface area contributed by atoms with Crippen LogP contribution in [-0.2, 0) is 4.74 Å². The first-order valence-corrected chi connectivity index (χ1v) is 7.45. The van der Waals surface area contributed by atoms with E-state index in [1.165, 1.54) is 0 Å². The van der Waals surface area contributed by atoms with Gasteiger partial charge in [-0.2, -0.15) is 10.1 Å². The van der Waals surface area contributed by atoms with Crippen LogP contribution in [0.15, 0.2) is 34.9 Å². The van der Waals surface area contributed by atoms with Gasteiger partial charge in [0.2, 0.25) is 0 Å². The van der Waals surface area contributed by atoms with Crippen LogP contribution in [0.5, 0.6) is 5.75 Å². The molecule has 7 nitrogen and oxygen atoms in total. The SMILES string of the molecule is COc1cccc(-c2cc(-c3nc(C4CCOC4)no3)[nH]n2)c1. The Morgan fingerprint density at radius 2 is 2.26 bits per heavy atom. The van der Waals surface area contributed by atoms with Crippen molar-refractivity contribution in [2.24, 2.45) is 0 Å². The second kappa shape index (κ2) is 5.85. The van der Waals surface area contributed by atoms with Gasteiger partial charge in [-0.05, 0) is 24.6 Å². The molecule has 7 heteroatoms. The van der Waals surface area contributed by atoms with E-state index in [2.05, 4.69) is 20.3 Å². The zero-order valence-electron chi connectivity index (χ0n) is 12.7. The normalized spacial score (nSPS) is 17.5. The molecule has 2 aromatic heterocycles. The number of aromatic nitrogens is 4. The smallest absolute Gasteiger partial charge is 0.275 e. The van der Waals surface area contributed by atoms with E-state index in [4.69, 9.17) is 14.0 Å². The fraction of sp³-hybridized carbons (Fsp3) is 0.312. The van der Waals surface area contributed by atoms with E-state index in [0.29, 0.717) is 24.0 Å². The number of nitrogens with one attached hydrogen (secondary N) is 1. The van der Waals surface area contributed by atoms with Gasteiger partial charge < -0.3 is 14.0 Å². The summed E-state index contributed by atoms with van der Waals surface area (Å²) in [6, 6.07) is 9.60. The molecular weight excluding hydrogens is 296 g/mol. The number of hydrogen-bond donors (Lipinski definition) is 1. The first kappa shape index (κ1) is 14.0. The monoisotopic (exact) mass is 312 g/mol. The predicted octanol–water partition coefficient (Wildman–Crippen LogP) is 2.64. The maximum absolute atomic E-state index is 5.36. The van der Waals surface area contributed by atoms with E-state index in [9.17, 15) is 0 Å². The zero-order valence-corrected chi connectivity index (χ0v) is 12.7. The highest BCUT2D eigenvalue weighted by Gasteiger charge is 2.24. The Morgan fingerprint density at radius 1 is 1.30 bits per heavy atom. The van der Waals surface area contributed by atoms with Crippen LogP contribution in [0, 0.1) is 0 Å². The molecule has 1 saturated heterocycles. The summed E-state index contributed by atoms with van der Waals surface area (Å²) < 4.78 is 15.9. The fourth-order valence-corrected chi connectivity index (χ4v) is 2.61. The van der Waals surface area contributed by atoms with Crippen LogP contribution < -0.4 is 4.74 Å². The van der Waals surface area contributed by atoms with Crippen molar-refractivity contribution in [2.75, 3.05) is 20.3 Å². The average molecular weight is 312 g/mol. The average Bonchev–Trinajstić information content (AvgIpc) is 3.34. The van der Waals surface area contributed by atoms with Crippen molar-refractivity contribution in [3.63, 3.8) is 0 Å². The second-order valence-electron chi connectivity index (χ2n) is 5.42. The van der Waals surface area contributed by atoms with Crippen LogP contribution in [-0.4, -0.2) is 40.7 Å². The van der Waals surface area contributed by atoms with E-state index in [0.717, 1.165) is 30.0 Å². The molecule has 1 atom stereocenters. The lowest BCUT2D eigenvalue weighted by atomic mass is 10.1. The standard InChI is InChI=1S/C16H16N4O3/c1-21-12-4-2-3-10(7-12)13-8-14(19-18-13)16-17-15(20-23-16)11-5-6-22-9-11/h2-4,7-8,11H,5-6,9H2,1H3,(H,18,19). The van der Waals surface area contributed by atoms with Gasteiger partial charge in [0.15, 0.2) is 5.82 Å².